The molecule has 1 saturated heterocycles. The molecule has 2 aromatic rings. The molecule has 1 heterocycles. The normalized spacial score (nSPS) is 14.8. The predicted octanol–water partition coefficient (Wildman–Crippen LogP) is 3.91. The van der Waals surface area contributed by atoms with Crippen molar-refractivity contribution in [1.29, 1.82) is 0 Å². The Bertz CT molecular complexity index is 839. The lowest BCUT2D eigenvalue weighted by molar-refractivity contribution is -0.117. The lowest BCUT2D eigenvalue weighted by Gasteiger charge is -2.21. The molecule has 1 aliphatic heterocycles. The molecule has 1 fully saturated rings. The maximum absolute atomic E-state index is 12.4. The summed E-state index contributed by atoms with van der Waals surface area (Å²) in [5, 5.41) is 6.60. The standard InChI is InChI=1S/C20H22ClN3O3/c1-13(20(26)23-15-7-5-14(21)6-8-15)22-16-9-10-17(18(12-16)27-2)24-11-3-4-19(24)25/h5-10,12-13,22H,3-4,11H2,1-2H3,(H,23,26). The molecule has 2 aromatic carbocycles. The van der Waals surface area contributed by atoms with Crippen molar-refractivity contribution in [3.8, 4) is 5.75 Å². The summed E-state index contributed by atoms with van der Waals surface area (Å²) in [4.78, 5) is 26.1. The van der Waals surface area contributed by atoms with Crippen LogP contribution < -0.4 is 20.3 Å². The van der Waals surface area contributed by atoms with Gasteiger partial charge in [-0.05, 0) is 49.7 Å². The van der Waals surface area contributed by atoms with Gasteiger partial charge in [-0.2, -0.15) is 0 Å². The molecule has 0 saturated carbocycles. The minimum absolute atomic E-state index is 0.102. The predicted molar refractivity (Wildman–Crippen MR) is 108 cm³/mol. The minimum atomic E-state index is -0.468. The third kappa shape index (κ3) is 4.52. The van der Waals surface area contributed by atoms with Gasteiger partial charge in [0.2, 0.25) is 11.8 Å². The number of rotatable bonds is 6. The van der Waals surface area contributed by atoms with Gasteiger partial charge in [0.15, 0.2) is 0 Å². The van der Waals surface area contributed by atoms with Gasteiger partial charge in [-0.25, -0.2) is 0 Å². The summed E-state index contributed by atoms with van der Waals surface area (Å²) in [6.07, 6.45) is 1.41. The maximum atomic E-state index is 12.4. The number of halogens is 1. The summed E-state index contributed by atoms with van der Waals surface area (Å²) in [5.74, 6) is 0.528. The molecular weight excluding hydrogens is 366 g/mol. The molecule has 3 rings (SSSR count). The first kappa shape index (κ1) is 19.0. The molecule has 0 spiro atoms. The summed E-state index contributed by atoms with van der Waals surface area (Å²) in [7, 11) is 1.57. The Hall–Kier alpha value is -2.73. The van der Waals surface area contributed by atoms with Gasteiger partial charge in [0.1, 0.15) is 11.8 Å². The quantitative estimate of drug-likeness (QED) is 0.788. The smallest absolute Gasteiger partial charge is 0.246 e. The van der Waals surface area contributed by atoms with Crippen LogP contribution in [0.5, 0.6) is 5.75 Å². The van der Waals surface area contributed by atoms with Gasteiger partial charge in [-0.15, -0.1) is 0 Å². The molecule has 1 aliphatic rings. The van der Waals surface area contributed by atoms with E-state index >= 15 is 0 Å². The van der Waals surface area contributed by atoms with Crippen LogP contribution in [-0.2, 0) is 9.59 Å². The molecule has 2 amide bonds. The molecule has 0 bridgehead atoms. The molecule has 7 heteroatoms. The SMILES string of the molecule is COc1cc(NC(C)C(=O)Nc2ccc(Cl)cc2)ccc1N1CCCC1=O. The molecule has 0 aliphatic carbocycles. The van der Waals surface area contributed by atoms with E-state index in [9.17, 15) is 9.59 Å². The van der Waals surface area contributed by atoms with E-state index in [0.717, 1.165) is 17.8 Å². The molecule has 27 heavy (non-hydrogen) atoms. The van der Waals surface area contributed by atoms with Crippen molar-refractivity contribution >= 4 is 40.5 Å². The largest absolute Gasteiger partial charge is 0.494 e. The third-order valence-electron chi connectivity index (χ3n) is 4.43. The minimum Gasteiger partial charge on any atom is -0.494 e. The van der Waals surface area contributed by atoms with Crippen LogP contribution in [0.15, 0.2) is 42.5 Å². The number of nitrogens with one attached hydrogen (secondary N) is 2. The Balaban J connectivity index is 1.68. The summed E-state index contributed by atoms with van der Waals surface area (Å²) >= 11 is 5.85. The first-order valence-electron chi connectivity index (χ1n) is 8.79. The van der Waals surface area contributed by atoms with Crippen molar-refractivity contribution in [2.24, 2.45) is 0 Å². The highest BCUT2D eigenvalue weighted by Gasteiger charge is 2.24. The number of ether oxygens (including phenoxy) is 1. The van der Waals surface area contributed by atoms with Crippen LogP contribution in [0.4, 0.5) is 17.1 Å². The second-order valence-electron chi connectivity index (χ2n) is 6.40. The number of anilines is 3. The number of amides is 2. The van der Waals surface area contributed by atoms with Crippen molar-refractivity contribution < 1.29 is 14.3 Å². The average molecular weight is 388 g/mol. The number of hydrogen-bond donors (Lipinski definition) is 2. The van der Waals surface area contributed by atoms with E-state index in [2.05, 4.69) is 10.6 Å². The van der Waals surface area contributed by atoms with E-state index in [1.807, 2.05) is 12.1 Å². The zero-order valence-electron chi connectivity index (χ0n) is 15.3. The molecule has 0 radical (unpaired) electrons. The van der Waals surface area contributed by atoms with Crippen LogP contribution in [-0.4, -0.2) is 31.5 Å². The number of hydrogen-bond acceptors (Lipinski definition) is 4. The van der Waals surface area contributed by atoms with Gasteiger partial charge in [-0.3, -0.25) is 9.59 Å². The van der Waals surface area contributed by atoms with Crippen molar-refractivity contribution in [1.82, 2.24) is 0 Å². The van der Waals surface area contributed by atoms with Gasteiger partial charge in [0, 0.05) is 35.4 Å². The highest BCUT2D eigenvalue weighted by molar-refractivity contribution is 6.30. The third-order valence-corrected chi connectivity index (χ3v) is 4.68. The van der Waals surface area contributed by atoms with Crippen molar-refractivity contribution in [3.05, 3.63) is 47.5 Å². The van der Waals surface area contributed by atoms with Crippen LogP contribution >= 0.6 is 11.6 Å². The fraction of sp³-hybridized carbons (Fsp3) is 0.300. The highest BCUT2D eigenvalue weighted by Crippen LogP contribution is 2.34. The number of carbonyl (C=O) groups excluding carboxylic acids is 2. The Labute approximate surface area is 163 Å². The molecule has 1 atom stereocenters. The molecule has 1 unspecified atom stereocenters. The van der Waals surface area contributed by atoms with E-state index < -0.39 is 6.04 Å². The lowest BCUT2D eigenvalue weighted by atomic mass is 10.2. The Morgan fingerprint density at radius 2 is 1.89 bits per heavy atom. The van der Waals surface area contributed by atoms with Crippen LogP contribution in [0.25, 0.3) is 0 Å². The zero-order valence-corrected chi connectivity index (χ0v) is 16.0. The maximum Gasteiger partial charge on any atom is 0.246 e. The fourth-order valence-corrected chi connectivity index (χ4v) is 3.12. The second-order valence-corrected chi connectivity index (χ2v) is 6.83. The Morgan fingerprint density at radius 3 is 2.52 bits per heavy atom. The van der Waals surface area contributed by atoms with Gasteiger partial charge < -0.3 is 20.3 Å². The number of nitrogens with zero attached hydrogens (tertiary/aromatic N) is 1. The summed E-state index contributed by atoms with van der Waals surface area (Å²) in [5.41, 5.74) is 2.17. The summed E-state index contributed by atoms with van der Waals surface area (Å²) < 4.78 is 5.45. The monoisotopic (exact) mass is 387 g/mol. The van der Waals surface area contributed by atoms with E-state index in [-0.39, 0.29) is 11.8 Å². The van der Waals surface area contributed by atoms with Crippen LogP contribution in [0.3, 0.4) is 0 Å². The number of benzene rings is 2. The fourth-order valence-electron chi connectivity index (χ4n) is 2.99. The van der Waals surface area contributed by atoms with Crippen molar-refractivity contribution in [3.63, 3.8) is 0 Å². The van der Waals surface area contributed by atoms with Crippen molar-refractivity contribution in [2.75, 3.05) is 29.2 Å². The number of carbonyl (C=O) groups is 2. The van der Waals surface area contributed by atoms with Gasteiger partial charge in [-0.1, -0.05) is 11.6 Å². The van der Waals surface area contributed by atoms with Gasteiger partial charge in [0.05, 0.1) is 12.8 Å². The molecule has 2 N–H and O–H groups in total. The van der Waals surface area contributed by atoms with Crippen LogP contribution in [0.2, 0.25) is 5.02 Å². The summed E-state index contributed by atoms with van der Waals surface area (Å²) in [6, 6.07) is 12.0. The summed E-state index contributed by atoms with van der Waals surface area (Å²) in [6.45, 7) is 2.47. The van der Waals surface area contributed by atoms with Gasteiger partial charge in [0.25, 0.3) is 0 Å². The molecule has 0 aromatic heterocycles. The Morgan fingerprint density at radius 1 is 1.19 bits per heavy atom. The average Bonchev–Trinajstić information content (AvgIpc) is 3.09. The Kier molecular flexibility index (Phi) is 5.86. The first-order chi connectivity index (χ1) is 13.0. The van der Waals surface area contributed by atoms with Crippen molar-refractivity contribution in [2.45, 2.75) is 25.8 Å². The van der Waals surface area contributed by atoms with E-state index in [0.29, 0.717) is 29.4 Å². The van der Waals surface area contributed by atoms with Crippen LogP contribution in [0, 0.1) is 0 Å². The second kappa shape index (κ2) is 8.31. The van der Waals surface area contributed by atoms with Gasteiger partial charge >= 0.3 is 0 Å². The number of methoxy groups -OCH3 is 1. The van der Waals surface area contributed by atoms with E-state index in [1.54, 1.807) is 49.3 Å². The molecule has 142 valence electrons. The molecular formula is C20H22ClN3O3. The lowest BCUT2D eigenvalue weighted by Crippen LogP contribution is -2.32. The van der Waals surface area contributed by atoms with E-state index in [1.165, 1.54) is 0 Å². The zero-order chi connectivity index (χ0) is 19.4. The van der Waals surface area contributed by atoms with Crippen LogP contribution in [0.1, 0.15) is 19.8 Å². The first-order valence-corrected chi connectivity index (χ1v) is 9.17. The molecule has 6 nitrogen and oxygen atoms in total. The topological polar surface area (TPSA) is 70.7 Å². The van der Waals surface area contributed by atoms with E-state index in [4.69, 9.17) is 16.3 Å². The highest BCUT2D eigenvalue weighted by atomic mass is 35.5.